The first-order valence-electron chi connectivity index (χ1n) is 4.20. The summed E-state index contributed by atoms with van der Waals surface area (Å²) in [6.45, 7) is 5.47. The van der Waals surface area contributed by atoms with Crippen molar-refractivity contribution in [2.24, 2.45) is 0 Å². The van der Waals surface area contributed by atoms with E-state index in [1.54, 1.807) is 0 Å². The maximum Gasteiger partial charge on any atom is 0.235 e. The molecule has 0 fully saturated rings. The summed E-state index contributed by atoms with van der Waals surface area (Å²) in [6.07, 6.45) is 0. The predicted molar refractivity (Wildman–Crippen MR) is 53.4 cm³/mol. The molecular formula is C10H14N2O. The van der Waals surface area contributed by atoms with Crippen molar-refractivity contribution in [2.75, 3.05) is 5.43 Å². The van der Waals surface area contributed by atoms with Crippen molar-refractivity contribution >= 4 is 11.6 Å². The summed E-state index contributed by atoms with van der Waals surface area (Å²) in [5.41, 5.74) is 8.64. The van der Waals surface area contributed by atoms with Crippen molar-refractivity contribution in [1.82, 2.24) is 5.43 Å². The van der Waals surface area contributed by atoms with Crippen LogP contribution in [0.3, 0.4) is 0 Å². The van der Waals surface area contributed by atoms with Gasteiger partial charge in [0.1, 0.15) is 0 Å². The van der Waals surface area contributed by atoms with Crippen LogP contribution in [0.5, 0.6) is 0 Å². The Hall–Kier alpha value is -1.51. The lowest BCUT2D eigenvalue weighted by Gasteiger charge is -2.11. The standard InChI is InChI=1S/C10H14N2O/c1-7-5-4-6-8(2)10(7)12-11-9(3)13/h4-6,12H,1-3H3,(H,11,13). The molecule has 0 heterocycles. The van der Waals surface area contributed by atoms with Gasteiger partial charge in [-0.05, 0) is 25.0 Å². The van der Waals surface area contributed by atoms with E-state index in [1.165, 1.54) is 6.92 Å². The smallest absolute Gasteiger partial charge is 0.235 e. The van der Waals surface area contributed by atoms with E-state index in [0.29, 0.717) is 0 Å². The monoisotopic (exact) mass is 178 g/mol. The number of nitrogens with one attached hydrogen (secondary N) is 2. The van der Waals surface area contributed by atoms with Gasteiger partial charge in [0.25, 0.3) is 0 Å². The topological polar surface area (TPSA) is 41.1 Å². The Morgan fingerprint density at radius 1 is 1.23 bits per heavy atom. The highest BCUT2D eigenvalue weighted by molar-refractivity contribution is 5.75. The van der Waals surface area contributed by atoms with Gasteiger partial charge in [-0.3, -0.25) is 15.6 Å². The number of hydrogen-bond acceptors (Lipinski definition) is 2. The van der Waals surface area contributed by atoms with Crippen LogP contribution in [-0.4, -0.2) is 5.91 Å². The fourth-order valence-electron chi connectivity index (χ4n) is 1.16. The maximum absolute atomic E-state index is 10.7. The SMILES string of the molecule is CC(=O)NNc1c(C)cccc1C. The molecule has 0 bridgehead atoms. The van der Waals surface area contributed by atoms with E-state index in [9.17, 15) is 4.79 Å². The van der Waals surface area contributed by atoms with E-state index in [2.05, 4.69) is 10.9 Å². The molecule has 1 rings (SSSR count). The van der Waals surface area contributed by atoms with Crippen molar-refractivity contribution < 1.29 is 4.79 Å². The summed E-state index contributed by atoms with van der Waals surface area (Å²) in [5, 5.41) is 0. The first-order valence-corrected chi connectivity index (χ1v) is 4.20. The first kappa shape index (κ1) is 9.58. The van der Waals surface area contributed by atoms with E-state index in [-0.39, 0.29) is 5.91 Å². The van der Waals surface area contributed by atoms with Gasteiger partial charge in [-0.1, -0.05) is 18.2 Å². The van der Waals surface area contributed by atoms with Crippen LogP contribution in [0.15, 0.2) is 18.2 Å². The van der Waals surface area contributed by atoms with E-state index in [1.807, 2.05) is 32.0 Å². The highest BCUT2D eigenvalue weighted by atomic mass is 16.2. The van der Waals surface area contributed by atoms with Crippen molar-refractivity contribution in [3.05, 3.63) is 29.3 Å². The maximum atomic E-state index is 10.7. The summed E-state index contributed by atoms with van der Waals surface area (Å²) in [4.78, 5) is 10.7. The number of para-hydroxylation sites is 1. The molecule has 0 aliphatic carbocycles. The van der Waals surface area contributed by atoms with Crippen molar-refractivity contribution in [3.63, 3.8) is 0 Å². The molecule has 0 saturated heterocycles. The number of hydrogen-bond donors (Lipinski definition) is 2. The van der Waals surface area contributed by atoms with Gasteiger partial charge in [-0.25, -0.2) is 0 Å². The predicted octanol–water partition coefficient (Wildman–Crippen LogP) is 1.77. The Morgan fingerprint density at radius 2 is 1.77 bits per heavy atom. The second-order valence-corrected chi connectivity index (χ2v) is 3.07. The molecule has 13 heavy (non-hydrogen) atoms. The van der Waals surface area contributed by atoms with Crippen molar-refractivity contribution in [1.29, 1.82) is 0 Å². The van der Waals surface area contributed by atoms with Crippen molar-refractivity contribution in [3.8, 4) is 0 Å². The average Bonchev–Trinajstić information content (AvgIpc) is 2.03. The quantitative estimate of drug-likeness (QED) is 0.677. The zero-order valence-corrected chi connectivity index (χ0v) is 8.14. The van der Waals surface area contributed by atoms with Crippen LogP contribution in [0.2, 0.25) is 0 Å². The molecule has 0 aromatic heterocycles. The summed E-state index contributed by atoms with van der Waals surface area (Å²) in [5.74, 6) is -0.0948. The number of amides is 1. The molecule has 70 valence electrons. The minimum atomic E-state index is -0.0948. The molecule has 0 aliphatic rings. The molecule has 1 aromatic carbocycles. The summed E-state index contributed by atoms with van der Waals surface area (Å²) in [6, 6.07) is 5.98. The highest BCUT2D eigenvalue weighted by Crippen LogP contribution is 2.17. The minimum Gasteiger partial charge on any atom is -0.298 e. The Morgan fingerprint density at radius 3 is 2.23 bits per heavy atom. The van der Waals surface area contributed by atoms with Crippen molar-refractivity contribution in [2.45, 2.75) is 20.8 Å². The molecule has 2 N–H and O–H groups in total. The summed E-state index contributed by atoms with van der Waals surface area (Å²) in [7, 11) is 0. The van der Waals surface area contributed by atoms with Crippen LogP contribution in [0, 0.1) is 13.8 Å². The number of benzene rings is 1. The summed E-state index contributed by atoms with van der Waals surface area (Å²) >= 11 is 0. The summed E-state index contributed by atoms with van der Waals surface area (Å²) < 4.78 is 0. The fraction of sp³-hybridized carbons (Fsp3) is 0.300. The van der Waals surface area contributed by atoms with Gasteiger partial charge in [-0.2, -0.15) is 0 Å². The molecule has 1 aromatic rings. The number of anilines is 1. The third-order valence-electron chi connectivity index (χ3n) is 1.84. The van der Waals surface area contributed by atoms with Crippen LogP contribution < -0.4 is 10.9 Å². The van der Waals surface area contributed by atoms with Crippen LogP contribution in [0.1, 0.15) is 18.1 Å². The Bertz CT molecular complexity index is 300. The largest absolute Gasteiger partial charge is 0.298 e. The zero-order chi connectivity index (χ0) is 9.84. The fourth-order valence-corrected chi connectivity index (χ4v) is 1.16. The van der Waals surface area contributed by atoms with Gasteiger partial charge in [0.2, 0.25) is 5.91 Å². The number of hydrazine groups is 1. The molecule has 3 heteroatoms. The molecule has 0 unspecified atom stereocenters. The van der Waals surface area contributed by atoms with Gasteiger partial charge in [0, 0.05) is 6.92 Å². The van der Waals surface area contributed by atoms with E-state index in [0.717, 1.165) is 16.8 Å². The molecule has 0 aliphatic heterocycles. The highest BCUT2D eigenvalue weighted by Gasteiger charge is 2.00. The molecule has 0 spiro atoms. The van der Waals surface area contributed by atoms with E-state index >= 15 is 0 Å². The zero-order valence-electron chi connectivity index (χ0n) is 8.14. The Kier molecular flexibility index (Phi) is 2.90. The Balaban J connectivity index is 2.81. The molecule has 0 radical (unpaired) electrons. The van der Waals surface area contributed by atoms with Gasteiger partial charge < -0.3 is 0 Å². The third kappa shape index (κ3) is 2.47. The first-order chi connectivity index (χ1) is 6.11. The number of rotatable bonds is 2. The van der Waals surface area contributed by atoms with Crippen LogP contribution >= 0.6 is 0 Å². The van der Waals surface area contributed by atoms with Crippen LogP contribution in [0.25, 0.3) is 0 Å². The number of aryl methyl sites for hydroxylation is 2. The molecule has 0 atom stereocenters. The molecule has 0 saturated carbocycles. The van der Waals surface area contributed by atoms with Gasteiger partial charge >= 0.3 is 0 Å². The van der Waals surface area contributed by atoms with Crippen LogP contribution in [-0.2, 0) is 4.79 Å². The van der Waals surface area contributed by atoms with Gasteiger partial charge in [-0.15, -0.1) is 0 Å². The second-order valence-electron chi connectivity index (χ2n) is 3.07. The average molecular weight is 178 g/mol. The van der Waals surface area contributed by atoms with Gasteiger partial charge in [0.15, 0.2) is 0 Å². The lowest BCUT2D eigenvalue weighted by molar-refractivity contribution is -0.118. The Labute approximate surface area is 78.1 Å². The molecule has 3 nitrogen and oxygen atoms in total. The van der Waals surface area contributed by atoms with E-state index < -0.39 is 0 Å². The second kappa shape index (κ2) is 3.94. The van der Waals surface area contributed by atoms with E-state index in [4.69, 9.17) is 0 Å². The molecular weight excluding hydrogens is 164 g/mol. The third-order valence-corrected chi connectivity index (χ3v) is 1.84. The minimum absolute atomic E-state index is 0.0948. The molecule has 1 amide bonds. The van der Waals surface area contributed by atoms with Gasteiger partial charge in [0.05, 0.1) is 5.69 Å². The number of carbonyl (C=O) groups excluding carboxylic acids is 1. The lowest BCUT2D eigenvalue weighted by Crippen LogP contribution is -2.27. The van der Waals surface area contributed by atoms with Crippen LogP contribution in [0.4, 0.5) is 5.69 Å². The number of carbonyl (C=O) groups is 1. The normalized spacial score (nSPS) is 9.46. The lowest BCUT2D eigenvalue weighted by atomic mass is 10.1.